The molecule has 0 radical (unpaired) electrons. The van der Waals surface area contributed by atoms with Crippen LogP contribution < -0.4 is 10.6 Å². The molecule has 2 N–H and O–H groups in total. The van der Waals surface area contributed by atoms with E-state index in [0.717, 1.165) is 12.5 Å². The van der Waals surface area contributed by atoms with Crippen molar-refractivity contribution < 1.29 is 0 Å². The van der Waals surface area contributed by atoms with Gasteiger partial charge in [0.25, 0.3) is 0 Å². The number of guanidine groups is 1. The van der Waals surface area contributed by atoms with Crippen molar-refractivity contribution in [2.45, 2.75) is 57.9 Å². The van der Waals surface area contributed by atoms with Gasteiger partial charge in [-0.2, -0.15) is 0 Å². The third-order valence-corrected chi connectivity index (χ3v) is 4.97. The molecule has 2 rings (SSSR count). The Hall–Kier alpha value is -0.820. The minimum absolute atomic E-state index is 0. The number of unbranched alkanes of at least 4 members (excludes halogenated alkanes) is 2. The molecule has 1 aliphatic rings. The van der Waals surface area contributed by atoms with Gasteiger partial charge in [-0.25, -0.2) is 0 Å². The summed E-state index contributed by atoms with van der Waals surface area (Å²) < 4.78 is 0. The number of hydrogen-bond donors (Lipinski definition) is 2. The molecule has 0 amide bonds. The van der Waals surface area contributed by atoms with E-state index >= 15 is 0 Å². The van der Waals surface area contributed by atoms with E-state index in [4.69, 9.17) is 0 Å². The standard InChI is InChI=1S/C21H36N4.HI/c1-3-16-25-17-13-20(14-18-25)24-21(22-2)23-15-9-5-8-12-19-10-6-4-7-11-19;/h4,6-7,10-11,20H,3,5,8-9,12-18H2,1-2H3,(H2,22,23,24);1H. The zero-order valence-corrected chi connectivity index (χ0v) is 18.9. The molecule has 1 aliphatic heterocycles. The number of nitrogens with one attached hydrogen (secondary N) is 2. The van der Waals surface area contributed by atoms with Crippen LogP contribution in [-0.2, 0) is 6.42 Å². The summed E-state index contributed by atoms with van der Waals surface area (Å²) in [5, 5.41) is 7.07. The minimum Gasteiger partial charge on any atom is -0.356 e. The molecule has 26 heavy (non-hydrogen) atoms. The first kappa shape index (κ1) is 23.2. The summed E-state index contributed by atoms with van der Waals surface area (Å²) in [6.45, 7) is 6.92. The molecule has 5 heteroatoms. The average Bonchev–Trinajstić information content (AvgIpc) is 2.66. The fourth-order valence-corrected chi connectivity index (χ4v) is 3.49. The molecule has 1 heterocycles. The predicted octanol–water partition coefficient (Wildman–Crippen LogP) is 4.06. The van der Waals surface area contributed by atoms with Crippen LogP contribution in [0.1, 0.15) is 51.0 Å². The van der Waals surface area contributed by atoms with Crippen LogP contribution in [0.4, 0.5) is 0 Å². The maximum Gasteiger partial charge on any atom is 0.191 e. The quantitative estimate of drug-likeness (QED) is 0.247. The Morgan fingerprint density at radius 2 is 1.85 bits per heavy atom. The van der Waals surface area contributed by atoms with Crippen LogP contribution in [-0.4, -0.2) is 50.1 Å². The number of piperidine rings is 1. The second-order valence-corrected chi connectivity index (χ2v) is 7.06. The number of benzene rings is 1. The van der Waals surface area contributed by atoms with Crippen molar-refractivity contribution >= 4 is 29.9 Å². The van der Waals surface area contributed by atoms with Gasteiger partial charge >= 0.3 is 0 Å². The molecule has 148 valence electrons. The normalized spacial score (nSPS) is 16.2. The highest BCUT2D eigenvalue weighted by molar-refractivity contribution is 14.0. The van der Waals surface area contributed by atoms with Gasteiger partial charge in [0.2, 0.25) is 0 Å². The molecule has 1 fully saturated rings. The first-order valence-electron chi connectivity index (χ1n) is 10.0. The summed E-state index contributed by atoms with van der Waals surface area (Å²) in [4.78, 5) is 6.95. The molecule has 0 bridgehead atoms. The Balaban J connectivity index is 0.00000338. The van der Waals surface area contributed by atoms with E-state index in [1.165, 1.54) is 70.1 Å². The van der Waals surface area contributed by atoms with E-state index in [-0.39, 0.29) is 24.0 Å². The lowest BCUT2D eigenvalue weighted by Gasteiger charge is -2.32. The number of rotatable bonds is 9. The molecule has 0 atom stereocenters. The summed E-state index contributed by atoms with van der Waals surface area (Å²) in [6.07, 6.45) is 8.59. The van der Waals surface area contributed by atoms with Crippen LogP contribution >= 0.6 is 24.0 Å². The number of nitrogens with zero attached hydrogens (tertiary/aromatic N) is 2. The molecule has 0 unspecified atom stereocenters. The number of aryl methyl sites for hydroxylation is 1. The maximum atomic E-state index is 4.38. The van der Waals surface area contributed by atoms with Crippen molar-refractivity contribution in [3.05, 3.63) is 35.9 Å². The van der Waals surface area contributed by atoms with Crippen molar-refractivity contribution in [3.63, 3.8) is 0 Å². The summed E-state index contributed by atoms with van der Waals surface area (Å²) in [5.74, 6) is 0.969. The number of halogens is 1. The van der Waals surface area contributed by atoms with Crippen LogP contribution in [0.2, 0.25) is 0 Å². The highest BCUT2D eigenvalue weighted by Crippen LogP contribution is 2.10. The smallest absolute Gasteiger partial charge is 0.191 e. The predicted molar refractivity (Wildman–Crippen MR) is 124 cm³/mol. The zero-order valence-electron chi connectivity index (χ0n) is 16.5. The Morgan fingerprint density at radius 1 is 1.12 bits per heavy atom. The van der Waals surface area contributed by atoms with Gasteiger partial charge in [-0.05, 0) is 50.6 Å². The first-order valence-corrected chi connectivity index (χ1v) is 10.0. The van der Waals surface area contributed by atoms with Gasteiger partial charge in [0.1, 0.15) is 0 Å². The molecule has 4 nitrogen and oxygen atoms in total. The lowest BCUT2D eigenvalue weighted by Crippen LogP contribution is -2.48. The molecule has 0 saturated carbocycles. The summed E-state index contributed by atoms with van der Waals surface area (Å²) in [5.41, 5.74) is 1.45. The summed E-state index contributed by atoms with van der Waals surface area (Å²) in [7, 11) is 1.87. The largest absolute Gasteiger partial charge is 0.356 e. The fourth-order valence-electron chi connectivity index (χ4n) is 3.49. The second-order valence-electron chi connectivity index (χ2n) is 7.06. The van der Waals surface area contributed by atoms with Gasteiger partial charge in [-0.3, -0.25) is 4.99 Å². The molecular formula is C21H37IN4. The van der Waals surface area contributed by atoms with Gasteiger partial charge in [0.15, 0.2) is 5.96 Å². The lowest BCUT2D eigenvalue weighted by atomic mass is 10.1. The van der Waals surface area contributed by atoms with E-state index < -0.39 is 0 Å². The highest BCUT2D eigenvalue weighted by Gasteiger charge is 2.19. The molecule has 1 saturated heterocycles. The Morgan fingerprint density at radius 3 is 2.50 bits per heavy atom. The molecule has 1 aromatic rings. The van der Waals surface area contributed by atoms with E-state index in [9.17, 15) is 0 Å². The average molecular weight is 472 g/mol. The molecule has 1 aromatic carbocycles. The van der Waals surface area contributed by atoms with Gasteiger partial charge in [-0.1, -0.05) is 43.7 Å². The molecular weight excluding hydrogens is 435 g/mol. The molecule has 0 spiro atoms. The number of hydrogen-bond acceptors (Lipinski definition) is 2. The third-order valence-electron chi connectivity index (χ3n) is 4.97. The molecule has 0 aromatic heterocycles. The van der Waals surface area contributed by atoms with Crippen LogP contribution in [0, 0.1) is 0 Å². The van der Waals surface area contributed by atoms with Gasteiger partial charge in [0.05, 0.1) is 0 Å². The van der Waals surface area contributed by atoms with Crippen LogP contribution in [0.5, 0.6) is 0 Å². The number of likely N-dealkylation sites (tertiary alicyclic amines) is 1. The number of aliphatic imine (C=N–C) groups is 1. The second kappa shape index (κ2) is 14.3. The van der Waals surface area contributed by atoms with Crippen molar-refractivity contribution in [1.29, 1.82) is 0 Å². The third kappa shape index (κ3) is 9.21. The maximum absolute atomic E-state index is 4.38. The van der Waals surface area contributed by atoms with E-state index in [2.05, 4.69) is 57.8 Å². The zero-order chi connectivity index (χ0) is 17.7. The van der Waals surface area contributed by atoms with Gasteiger partial charge in [-0.15, -0.1) is 24.0 Å². The van der Waals surface area contributed by atoms with Crippen molar-refractivity contribution in [3.8, 4) is 0 Å². The van der Waals surface area contributed by atoms with Crippen LogP contribution in [0.3, 0.4) is 0 Å². The topological polar surface area (TPSA) is 39.7 Å². The fraction of sp³-hybridized carbons (Fsp3) is 0.667. The molecule has 0 aliphatic carbocycles. The van der Waals surface area contributed by atoms with Crippen LogP contribution in [0.15, 0.2) is 35.3 Å². The van der Waals surface area contributed by atoms with Crippen molar-refractivity contribution in [2.75, 3.05) is 33.2 Å². The highest BCUT2D eigenvalue weighted by atomic mass is 127. The van der Waals surface area contributed by atoms with Gasteiger partial charge < -0.3 is 15.5 Å². The van der Waals surface area contributed by atoms with Crippen LogP contribution in [0.25, 0.3) is 0 Å². The first-order chi connectivity index (χ1) is 12.3. The van der Waals surface area contributed by atoms with E-state index in [1.54, 1.807) is 0 Å². The Bertz CT molecular complexity index is 484. The van der Waals surface area contributed by atoms with Crippen molar-refractivity contribution in [2.24, 2.45) is 4.99 Å². The summed E-state index contributed by atoms with van der Waals surface area (Å²) >= 11 is 0. The van der Waals surface area contributed by atoms with Gasteiger partial charge in [0, 0.05) is 32.7 Å². The van der Waals surface area contributed by atoms with Crippen molar-refractivity contribution in [1.82, 2.24) is 15.5 Å². The minimum atomic E-state index is 0. The monoisotopic (exact) mass is 472 g/mol. The SMILES string of the molecule is CCCN1CCC(NC(=NC)NCCCCCc2ccccc2)CC1.I. The Kier molecular flexibility index (Phi) is 12.7. The Labute approximate surface area is 177 Å². The van der Waals surface area contributed by atoms with E-state index in [1.807, 2.05) is 7.05 Å². The van der Waals surface area contributed by atoms with E-state index in [0.29, 0.717) is 6.04 Å². The summed E-state index contributed by atoms with van der Waals surface area (Å²) in [6, 6.07) is 11.3. The lowest BCUT2D eigenvalue weighted by molar-refractivity contribution is 0.206.